The summed E-state index contributed by atoms with van der Waals surface area (Å²) in [6.45, 7) is 4.08. The van der Waals surface area contributed by atoms with E-state index < -0.39 is 17.2 Å². The number of aromatic nitrogens is 3. The van der Waals surface area contributed by atoms with Crippen LogP contribution in [-0.4, -0.2) is 39.9 Å². The second-order valence-electron chi connectivity index (χ2n) is 9.32. The molecular weight excluding hydrogens is 499 g/mol. The zero-order chi connectivity index (χ0) is 27.3. The molecule has 38 heavy (non-hydrogen) atoms. The minimum atomic E-state index is -4.50. The monoisotopic (exact) mass is 527 g/mol. The van der Waals surface area contributed by atoms with Gasteiger partial charge in [-0.25, -0.2) is 9.97 Å². The summed E-state index contributed by atoms with van der Waals surface area (Å²) >= 11 is 0. The van der Waals surface area contributed by atoms with Crippen molar-refractivity contribution in [1.82, 2.24) is 20.3 Å². The van der Waals surface area contributed by atoms with Crippen molar-refractivity contribution in [2.75, 3.05) is 18.5 Å². The molecule has 1 fully saturated rings. The second kappa shape index (κ2) is 11.3. The van der Waals surface area contributed by atoms with Crippen molar-refractivity contribution in [1.29, 1.82) is 0 Å². The minimum absolute atomic E-state index is 0.0396. The number of anilines is 2. The summed E-state index contributed by atoms with van der Waals surface area (Å²) < 4.78 is 45.7. The van der Waals surface area contributed by atoms with Gasteiger partial charge in [0.15, 0.2) is 5.78 Å². The maximum atomic E-state index is 13.4. The first-order chi connectivity index (χ1) is 18.1. The van der Waals surface area contributed by atoms with Crippen LogP contribution in [0.1, 0.15) is 52.8 Å². The Balaban J connectivity index is 1.39. The average molecular weight is 528 g/mol. The van der Waals surface area contributed by atoms with Crippen LogP contribution in [0.5, 0.6) is 0 Å². The van der Waals surface area contributed by atoms with E-state index in [2.05, 4.69) is 25.6 Å². The number of amides is 1. The number of alkyl halides is 3. The maximum Gasteiger partial charge on any atom is 0.418 e. The number of halogens is 3. The number of Topliss-reactive ketones (excluding diaryl/α,β-unsaturated/α-hetero) is 1. The first-order valence-corrected chi connectivity index (χ1v) is 12.2. The highest BCUT2D eigenvalue weighted by molar-refractivity contribution is 5.99. The quantitative estimate of drug-likeness (QED) is 0.385. The number of nitrogens with zero attached hydrogens (tertiary/aromatic N) is 3. The van der Waals surface area contributed by atoms with Crippen LogP contribution in [0, 0.1) is 12.3 Å². The molecule has 2 N–H and O–H groups in total. The molecular formula is C27H28F3N5O3. The molecule has 1 aliphatic heterocycles. The van der Waals surface area contributed by atoms with Crippen LogP contribution < -0.4 is 10.6 Å². The van der Waals surface area contributed by atoms with E-state index in [-0.39, 0.29) is 37.0 Å². The van der Waals surface area contributed by atoms with Crippen LogP contribution in [0.4, 0.5) is 24.5 Å². The van der Waals surface area contributed by atoms with Gasteiger partial charge in [-0.05, 0) is 37.6 Å². The average Bonchev–Trinajstić information content (AvgIpc) is 3.38. The summed E-state index contributed by atoms with van der Waals surface area (Å²) in [7, 11) is 0. The summed E-state index contributed by atoms with van der Waals surface area (Å²) in [5, 5.41) is 5.59. The topological polar surface area (TPSA) is 106 Å². The zero-order valence-electron chi connectivity index (χ0n) is 21.1. The van der Waals surface area contributed by atoms with E-state index in [1.807, 2.05) is 6.92 Å². The van der Waals surface area contributed by atoms with Gasteiger partial charge in [0, 0.05) is 31.8 Å². The molecule has 3 aromatic rings. The number of hydrogen-bond acceptors (Lipinski definition) is 7. The van der Waals surface area contributed by atoms with Crippen LogP contribution in [0.3, 0.4) is 0 Å². The molecule has 8 nitrogen and oxygen atoms in total. The van der Waals surface area contributed by atoms with Crippen LogP contribution in [-0.2, 0) is 28.7 Å². The third kappa shape index (κ3) is 6.34. The van der Waals surface area contributed by atoms with Gasteiger partial charge in [-0.15, -0.1) is 0 Å². The predicted octanol–water partition coefficient (Wildman–Crippen LogP) is 4.80. The zero-order valence-corrected chi connectivity index (χ0v) is 21.1. The Morgan fingerprint density at radius 1 is 1.08 bits per heavy atom. The summed E-state index contributed by atoms with van der Waals surface area (Å²) in [6, 6.07) is 7.25. The Labute approximate surface area is 218 Å². The number of nitrogens with one attached hydrogen (secondary N) is 2. The number of ketones is 1. The van der Waals surface area contributed by atoms with Gasteiger partial charge in [0.25, 0.3) is 0 Å². The molecule has 3 heterocycles. The van der Waals surface area contributed by atoms with E-state index in [4.69, 9.17) is 4.74 Å². The standard InChI is InChI=1S/C27H28F3N5O3/c1-3-24-32-12-18(13-33-24)23(36)11-26(8-9-38-16-26)25(37)34-14-19-5-6-20(15-31-19)35-22-7-4-17(2)10-21(22)27(28,29)30/h4-7,10,12-13,15,35H,3,8-9,11,14,16H2,1-2H3,(H,34,37)/t26-/m0/s1. The number of pyridine rings is 1. The van der Waals surface area contributed by atoms with Crippen LogP contribution >= 0.6 is 0 Å². The SMILES string of the molecule is CCc1ncc(C(=O)C[C@@]2(C(=O)NCc3ccc(Nc4ccc(C)cc4C(F)(F)F)cn3)CCOC2)cn1. The molecule has 200 valence electrons. The highest BCUT2D eigenvalue weighted by Gasteiger charge is 2.44. The molecule has 1 atom stereocenters. The Kier molecular flexibility index (Phi) is 8.05. The molecule has 1 aromatic carbocycles. The molecule has 1 aliphatic rings. The fourth-order valence-corrected chi connectivity index (χ4v) is 4.22. The lowest BCUT2D eigenvalue weighted by atomic mass is 9.80. The number of carbonyl (C=O) groups is 2. The normalized spacial score (nSPS) is 17.3. The third-order valence-corrected chi connectivity index (χ3v) is 6.44. The van der Waals surface area contributed by atoms with Crippen molar-refractivity contribution in [3.05, 3.63) is 77.1 Å². The number of carbonyl (C=O) groups excluding carboxylic acids is 2. The molecule has 0 bridgehead atoms. The predicted molar refractivity (Wildman–Crippen MR) is 134 cm³/mol. The molecule has 0 spiro atoms. The number of benzene rings is 1. The van der Waals surface area contributed by atoms with E-state index in [1.165, 1.54) is 24.7 Å². The minimum Gasteiger partial charge on any atom is -0.380 e. The smallest absolute Gasteiger partial charge is 0.380 e. The van der Waals surface area contributed by atoms with Gasteiger partial charge >= 0.3 is 6.18 Å². The highest BCUT2D eigenvalue weighted by atomic mass is 19.4. The van der Waals surface area contributed by atoms with E-state index in [0.717, 1.165) is 6.07 Å². The van der Waals surface area contributed by atoms with Crippen molar-refractivity contribution in [2.45, 2.75) is 45.8 Å². The van der Waals surface area contributed by atoms with Crippen molar-refractivity contribution in [3.63, 3.8) is 0 Å². The Morgan fingerprint density at radius 2 is 1.84 bits per heavy atom. The number of aryl methyl sites for hydroxylation is 2. The summed E-state index contributed by atoms with van der Waals surface area (Å²) in [5.74, 6) is 0.0655. The van der Waals surface area contributed by atoms with E-state index in [0.29, 0.717) is 47.8 Å². The molecule has 1 amide bonds. The molecule has 11 heteroatoms. The molecule has 0 aliphatic carbocycles. The first-order valence-electron chi connectivity index (χ1n) is 12.2. The van der Waals surface area contributed by atoms with E-state index >= 15 is 0 Å². The van der Waals surface area contributed by atoms with Crippen LogP contribution in [0.2, 0.25) is 0 Å². The van der Waals surface area contributed by atoms with Gasteiger partial charge in [-0.3, -0.25) is 14.6 Å². The molecule has 0 saturated carbocycles. The van der Waals surface area contributed by atoms with Gasteiger partial charge in [-0.2, -0.15) is 13.2 Å². The Bertz CT molecular complexity index is 1290. The van der Waals surface area contributed by atoms with Gasteiger partial charge in [-0.1, -0.05) is 18.6 Å². The van der Waals surface area contributed by atoms with Crippen LogP contribution in [0.15, 0.2) is 48.9 Å². The Morgan fingerprint density at radius 3 is 2.45 bits per heavy atom. The number of hydrogen-bond donors (Lipinski definition) is 2. The number of rotatable bonds is 9. The fraction of sp³-hybridized carbons (Fsp3) is 0.370. The molecule has 0 radical (unpaired) electrons. The lowest BCUT2D eigenvalue weighted by Gasteiger charge is -2.25. The summed E-state index contributed by atoms with van der Waals surface area (Å²) in [4.78, 5) is 38.6. The van der Waals surface area contributed by atoms with Gasteiger partial charge in [0.2, 0.25) is 5.91 Å². The second-order valence-corrected chi connectivity index (χ2v) is 9.32. The molecule has 4 rings (SSSR count). The Hall–Kier alpha value is -3.86. The fourth-order valence-electron chi connectivity index (χ4n) is 4.22. The van der Waals surface area contributed by atoms with Crippen molar-refractivity contribution in [2.24, 2.45) is 5.41 Å². The highest BCUT2D eigenvalue weighted by Crippen LogP contribution is 2.37. The van der Waals surface area contributed by atoms with Crippen molar-refractivity contribution < 1.29 is 27.5 Å². The molecule has 2 aromatic heterocycles. The number of ether oxygens (including phenoxy) is 1. The lowest BCUT2D eigenvalue weighted by Crippen LogP contribution is -2.42. The largest absolute Gasteiger partial charge is 0.418 e. The maximum absolute atomic E-state index is 13.4. The van der Waals surface area contributed by atoms with Crippen molar-refractivity contribution in [3.8, 4) is 0 Å². The van der Waals surface area contributed by atoms with Crippen molar-refractivity contribution >= 4 is 23.1 Å². The van der Waals surface area contributed by atoms with Gasteiger partial charge in [0.1, 0.15) is 5.82 Å². The van der Waals surface area contributed by atoms with Gasteiger partial charge < -0.3 is 15.4 Å². The summed E-state index contributed by atoms with van der Waals surface area (Å²) in [5.41, 5.74) is -0.129. The van der Waals surface area contributed by atoms with Crippen LogP contribution in [0.25, 0.3) is 0 Å². The first kappa shape index (κ1) is 27.2. The van der Waals surface area contributed by atoms with E-state index in [1.54, 1.807) is 25.1 Å². The van der Waals surface area contributed by atoms with E-state index in [9.17, 15) is 22.8 Å². The summed E-state index contributed by atoms with van der Waals surface area (Å²) in [6.07, 6.45) is 0.862. The van der Waals surface area contributed by atoms with Gasteiger partial charge in [0.05, 0.1) is 53.0 Å². The molecule has 1 saturated heterocycles. The molecule has 0 unspecified atom stereocenters. The third-order valence-electron chi connectivity index (χ3n) is 6.44. The lowest BCUT2D eigenvalue weighted by molar-refractivity contribution is -0.137.